The van der Waals surface area contributed by atoms with E-state index in [1.165, 1.54) is 0 Å². The quantitative estimate of drug-likeness (QED) is 0.567. The monoisotopic (exact) mass is 232 g/mol. The number of esters is 1. The number of carboxylic acids is 1. The summed E-state index contributed by atoms with van der Waals surface area (Å²) in [5, 5.41) is 8.96. The topological polar surface area (TPSA) is 63.6 Å². The second-order valence-electron chi connectivity index (χ2n) is 3.73. The van der Waals surface area contributed by atoms with Gasteiger partial charge >= 0.3 is 11.9 Å². The van der Waals surface area contributed by atoms with Gasteiger partial charge in [0.1, 0.15) is 6.61 Å². The minimum atomic E-state index is -0.887. The van der Waals surface area contributed by atoms with Crippen LogP contribution in [0.15, 0.2) is 0 Å². The second kappa shape index (κ2) is 6.00. The molecule has 1 fully saturated rings. The highest BCUT2D eigenvalue weighted by Crippen LogP contribution is 2.31. The third-order valence-corrected chi connectivity index (χ3v) is 2.90. The minimum Gasteiger partial charge on any atom is -0.481 e. The molecule has 2 atom stereocenters. The zero-order valence-electron chi connectivity index (χ0n) is 8.52. The number of hydrogen-bond donors (Lipinski definition) is 2. The van der Waals surface area contributed by atoms with E-state index in [0.29, 0.717) is 18.6 Å². The lowest BCUT2D eigenvalue weighted by Gasteiger charge is -2.26. The summed E-state index contributed by atoms with van der Waals surface area (Å²) in [6.07, 6.45) is 3.00. The van der Waals surface area contributed by atoms with Gasteiger partial charge in [0.05, 0.1) is 11.8 Å². The molecular weight excluding hydrogens is 216 g/mol. The van der Waals surface area contributed by atoms with Gasteiger partial charge in [0.2, 0.25) is 0 Å². The van der Waals surface area contributed by atoms with Crippen LogP contribution in [0, 0.1) is 11.8 Å². The number of carbonyl (C=O) groups excluding carboxylic acids is 1. The van der Waals surface area contributed by atoms with Crippen LogP contribution in [0.4, 0.5) is 0 Å². The molecule has 1 rings (SSSR count). The van der Waals surface area contributed by atoms with Gasteiger partial charge in [0.15, 0.2) is 0 Å². The fourth-order valence-electron chi connectivity index (χ4n) is 1.96. The van der Waals surface area contributed by atoms with E-state index >= 15 is 0 Å². The molecule has 0 saturated heterocycles. The molecule has 1 saturated carbocycles. The number of thiol groups is 1. The molecule has 0 radical (unpaired) electrons. The van der Waals surface area contributed by atoms with Gasteiger partial charge in [-0.15, -0.1) is 0 Å². The number of carboxylic acid groups (broad SMARTS) is 1. The molecule has 2 unspecified atom stereocenters. The van der Waals surface area contributed by atoms with Crippen molar-refractivity contribution in [1.82, 2.24) is 0 Å². The van der Waals surface area contributed by atoms with Crippen molar-refractivity contribution in [2.75, 3.05) is 12.4 Å². The van der Waals surface area contributed by atoms with E-state index in [4.69, 9.17) is 9.84 Å². The highest BCUT2D eigenvalue weighted by atomic mass is 32.1. The largest absolute Gasteiger partial charge is 0.481 e. The Morgan fingerprint density at radius 2 is 1.87 bits per heavy atom. The first-order valence-electron chi connectivity index (χ1n) is 5.17. The summed E-state index contributed by atoms with van der Waals surface area (Å²) in [4.78, 5) is 22.5. The Hall–Kier alpha value is -0.710. The van der Waals surface area contributed by atoms with Gasteiger partial charge in [0, 0.05) is 5.75 Å². The molecule has 5 heteroatoms. The van der Waals surface area contributed by atoms with Crippen molar-refractivity contribution in [3.8, 4) is 0 Å². The van der Waals surface area contributed by atoms with Crippen LogP contribution in [-0.2, 0) is 14.3 Å². The first kappa shape index (κ1) is 12.4. The maximum atomic E-state index is 11.6. The normalized spacial score (nSPS) is 25.9. The molecule has 0 spiro atoms. The average molecular weight is 232 g/mol. The number of rotatable bonds is 4. The van der Waals surface area contributed by atoms with E-state index in [-0.39, 0.29) is 12.6 Å². The van der Waals surface area contributed by atoms with Crippen LogP contribution in [0.25, 0.3) is 0 Å². The SMILES string of the molecule is O=C(O)C1CCCCC1C(=O)OCCS. The lowest BCUT2D eigenvalue weighted by Crippen LogP contribution is -2.34. The maximum Gasteiger partial charge on any atom is 0.309 e. The molecule has 0 aromatic carbocycles. The van der Waals surface area contributed by atoms with Gasteiger partial charge in [-0.3, -0.25) is 9.59 Å². The van der Waals surface area contributed by atoms with Gasteiger partial charge in [0.25, 0.3) is 0 Å². The van der Waals surface area contributed by atoms with Gasteiger partial charge in [-0.1, -0.05) is 12.8 Å². The zero-order chi connectivity index (χ0) is 11.3. The molecule has 1 N–H and O–H groups in total. The Labute approximate surface area is 94.4 Å². The number of hydrogen-bond acceptors (Lipinski definition) is 4. The van der Waals surface area contributed by atoms with Crippen LogP contribution in [-0.4, -0.2) is 29.4 Å². The van der Waals surface area contributed by atoms with Crippen molar-refractivity contribution in [2.24, 2.45) is 11.8 Å². The molecule has 0 bridgehead atoms. The van der Waals surface area contributed by atoms with Crippen LogP contribution in [0.5, 0.6) is 0 Å². The van der Waals surface area contributed by atoms with E-state index in [2.05, 4.69) is 12.6 Å². The smallest absolute Gasteiger partial charge is 0.309 e. The molecular formula is C10H16O4S. The summed E-state index contributed by atoms with van der Waals surface area (Å²) in [6, 6.07) is 0. The Balaban J connectivity index is 2.55. The van der Waals surface area contributed by atoms with E-state index in [0.717, 1.165) is 12.8 Å². The molecule has 1 aliphatic rings. The molecule has 0 aliphatic heterocycles. The molecule has 86 valence electrons. The van der Waals surface area contributed by atoms with Crippen molar-refractivity contribution >= 4 is 24.6 Å². The van der Waals surface area contributed by atoms with Crippen molar-refractivity contribution in [2.45, 2.75) is 25.7 Å². The highest BCUT2D eigenvalue weighted by Gasteiger charge is 2.36. The first-order valence-corrected chi connectivity index (χ1v) is 5.80. The second-order valence-corrected chi connectivity index (χ2v) is 4.17. The summed E-state index contributed by atoms with van der Waals surface area (Å²) < 4.78 is 4.93. The van der Waals surface area contributed by atoms with Crippen LogP contribution < -0.4 is 0 Å². The fraction of sp³-hybridized carbons (Fsp3) is 0.800. The predicted octanol–water partition coefficient (Wildman–Crippen LogP) is 1.35. The van der Waals surface area contributed by atoms with E-state index < -0.39 is 17.8 Å². The molecule has 0 amide bonds. The number of carbonyl (C=O) groups is 2. The summed E-state index contributed by atoms with van der Waals surface area (Å²) >= 11 is 3.93. The standard InChI is InChI=1S/C10H16O4S/c11-9(12)7-3-1-2-4-8(7)10(13)14-5-6-15/h7-8,15H,1-6H2,(H,11,12). The summed E-state index contributed by atoms with van der Waals surface area (Å²) in [7, 11) is 0. The third kappa shape index (κ3) is 3.41. The Bertz CT molecular complexity index is 242. The van der Waals surface area contributed by atoms with Gasteiger partial charge in [-0.25, -0.2) is 0 Å². The average Bonchev–Trinajstić information content (AvgIpc) is 2.25. The molecule has 0 aromatic rings. The Kier molecular flexibility index (Phi) is 4.94. The minimum absolute atomic E-state index is 0.255. The maximum absolute atomic E-state index is 11.6. The summed E-state index contributed by atoms with van der Waals surface area (Å²) in [5.74, 6) is -1.82. The molecule has 4 nitrogen and oxygen atoms in total. The van der Waals surface area contributed by atoms with E-state index in [1.807, 2.05) is 0 Å². The number of aliphatic carboxylic acids is 1. The summed E-state index contributed by atoms with van der Waals surface area (Å²) in [5.41, 5.74) is 0. The Morgan fingerprint density at radius 1 is 1.27 bits per heavy atom. The van der Waals surface area contributed by atoms with Crippen molar-refractivity contribution in [3.63, 3.8) is 0 Å². The van der Waals surface area contributed by atoms with Crippen molar-refractivity contribution < 1.29 is 19.4 Å². The van der Waals surface area contributed by atoms with Crippen LogP contribution in [0.3, 0.4) is 0 Å². The summed E-state index contributed by atoms with van der Waals surface area (Å²) in [6.45, 7) is 0.255. The zero-order valence-corrected chi connectivity index (χ0v) is 9.41. The van der Waals surface area contributed by atoms with Crippen molar-refractivity contribution in [3.05, 3.63) is 0 Å². The van der Waals surface area contributed by atoms with Gasteiger partial charge in [-0.05, 0) is 12.8 Å². The lowest BCUT2D eigenvalue weighted by molar-refractivity contribution is -0.159. The Morgan fingerprint density at radius 3 is 2.40 bits per heavy atom. The van der Waals surface area contributed by atoms with Crippen LogP contribution >= 0.6 is 12.6 Å². The van der Waals surface area contributed by atoms with E-state index in [1.54, 1.807) is 0 Å². The third-order valence-electron chi connectivity index (χ3n) is 2.72. The number of ether oxygens (including phenoxy) is 1. The van der Waals surface area contributed by atoms with E-state index in [9.17, 15) is 9.59 Å². The predicted molar refractivity (Wildman–Crippen MR) is 57.9 cm³/mol. The van der Waals surface area contributed by atoms with Gasteiger partial charge in [-0.2, -0.15) is 12.6 Å². The fourth-order valence-corrected chi connectivity index (χ4v) is 2.05. The van der Waals surface area contributed by atoms with Crippen LogP contribution in [0.2, 0.25) is 0 Å². The lowest BCUT2D eigenvalue weighted by atomic mass is 9.79. The van der Waals surface area contributed by atoms with Gasteiger partial charge < -0.3 is 9.84 Å². The highest BCUT2D eigenvalue weighted by molar-refractivity contribution is 7.80. The molecule has 0 aromatic heterocycles. The van der Waals surface area contributed by atoms with Crippen LogP contribution in [0.1, 0.15) is 25.7 Å². The molecule has 1 aliphatic carbocycles. The first-order chi connectivity index (χ1) is 7.16. The van der Waals surface area contributed by atoms with Crippen molar-refractivity contribution in [1.29, 1.82) is 0 Å². The molecule has 15 heavy (non-hydrogen) atoms. The molecule has 0 heterocycles.